The zero-order chi connectivity index (χ0) is 52.9. The monoisotopic (exact) mass is 1060 g/mol. The number of nitro groups is 3. The summed E-state index contributed by atoms with van der Waals surface area (Å²) in [5.74, 6) is 1.76. The van der Waals surface area contributed by atoms with E-state index in [-0.39, 0.29) is 30.3 Å². The number of nitrogens with two attached hydrogens (primary N) is 1. The first-order valence-corrected chi connectivity index (χ1v) is 25.4. The van der Waals surface area contributed by atoms with Crippen molar-refractivity contribution in [3.05, 3.63) is 193 Å². The highest BCUT2D eigenvalue weighted by Gasteiger charge is 2.32. The molecule has 6 rings (SSSR count). The molecule has 3 N–H and O–H groups in total. The summed E-state index contributed by atoms with van der Waals surface area (Å²) >= 11 is 0. The lowest BCUT2D eigenvalue weighted by atomic mass is 10.2. The van der Waals surface area contributed by atoms with Gasteiger partial charge in [0.1, 0.15) is 23.0 Å². The zero-order valence-electron chi connectivity index (χ0n) is 38.2. The number of ketones is 1. The van der Waals surface area contributed by atoms with Crippen LogP contribution in [0.5, 0.6) is 17.2 Å². The van der Waals surface area contributed by atoms with Crippen molar-refractivity contribution in [2.45, 2.75) is 41.2 Å². The molecule has 0 heterocycles. The Kier molecular flexibility index (Phi) is 22.1. The maximum Gasteiger partial charge on any atom is 0.289 e. The third-order valence-electron chi connectivity index (χ3n) is 9.29. The highest BCUT2D eigenvalue weighted by Crippen LogP contribution is 2.29. The van der Waals surface area contributed by atoms with E-state index in [2.05, 4.69) is 4.72 Å². The molecule has 0 aliphatic rings. The van der Waals surface area contributed by atoms with Crippen molar-refractivity contribution < 1.29 is 59.0 Å². The Hall–Kier alpha value is -7.39. The molecule has 0 unspecified atom stereocenters. The van der Waals surface area contributed by atoms with Gasteiger partial charge >= 0.3 is 0 Å². The van der Waals surface area contributed by atoms with Crippen molar-refractivity contribution in [3.63, 3.8) is 0 Å². The molecule has 0 spiro atoms. The normalized spacial score (nSPS) is 11.0. The average molecular weight is 1060 g/mol. The predicted molar refractivity (Wildman–Crippen MR) is 262 cm³/mol. The molecule has 0 aliphatic heterocycles. The van der Waals surface area contributed by atoms with Crippen LogP contribution in [0.15, 0.2) is 160 Å². The Morgan fingerprint density at radius 2 is 0.915 bits per heavy atom. The van der Waals surface area contributed by atoms with Crippen molar-refractivity contribution in [3.8, 4) is 17.2 Å². The molecule has 0 saturated heterocycles. The topological polar surface area (TPSA) is 318 Å². The number of nitrogens with zero attached hydrogens (tertiary/aromatic N) is 4. The minimum atomic E-state index is -4.25. The molecule has 26 heteroatoms. The number of carbonyl (C=O) groups is 1. The Balaban J connectivity index is 0.000000266. The van der Waals surface area contributed by atoms with Gasteiger partial charge in [-0.25, -0.2) is 30.0 Å². The summed E-state index contributed by atoms with van der Waals surface area (Å²) in [6.07, 6.45) is 0. The average Bonchev–Trinajstić information content (AvgIpc) is 3.36. The smallest absolute Gasteiger partial charge is 0.289 e. The van der Waals surface area contributed by atoms with Crippen LogP contribution in [0.2, 0.25) is 0 Å². The quantitative estimate of drug-likeness (QED) is 0.0490. The number of methoxy groups -OCH3 is 3. The van der Waals surface area contributed by atoms with Gasteiger partial charge in [-0.05, 0) is 78.2 Å². The van der Waals surface area contributed by atoms with Gasteiger partial charge in [0.05, 0.1) is 42.6 Å². The summed E-state index contributed by atoms with van der Waals surface area (Å²) in [6, 6.07) is 36.4. The van der Waals surface area contributed by atoms with Gasteiger partial charge in [-0.15, -0.1) is 0 Å². The van der Waals surface area contributed by atoms with E-state index in [1.54, 1.807) is 55.6 Å². The SMILES string of the molecule is COc1ccc(CN(CC(C)=O)S(=O)(=O)c2ccccc2[N+](=O)[O-])cc1.COc1ccc(CN)cc1.COc1ccc(CNS(=O)(=O)c2ccccc2[N+](=O)[O-])cc1.O=[N+]([O-])c1ccccc1S(=O)(=O)Cl. The highest BCUT2D eigenvalue weighted by atomic mass is 35.7. The Labute approximate surface area is 413 Å². The molecular weight excluding hydrogens is 1010 g/mol. The second-order valence-electron chi connectivity index (χ2n) is 14.2. The predicted octanol–water partition coefficient (Wildman–Crippen LogP) is 7.14. The number of halogens is 1. The van der Waals surface area contributed by atoms with Gasteiger partial charge < -0.3 is 19.9 Å². The number of para-hydroxylation sites is 3. The number of nitro benzene ring substituents is 3. The van der Waals surface area contributed by atoms with E-state index in [1.807, 2.05) is 24.3 Å². The number of carbonyl (C=O) groups excluding carboxylic acids is 1. The fourth-order valence-electron chi connectivity index (χ4n) is 5.78. The van der Waals surface area contributed by atoms with Gasteiger partial charge in [0, 0.05) is 48.5 Å². The maximum absolute atomic E-state index is 13.0. The zero-order valence-corrected chi connectivity index (χ0v) is 41.4. The molecule has 6 aromatic carbocycles. The molecule has 378 valence electrons. The van der Waals surface area contributed by atoms with Gasteiger partial charge in [0.15, 0.2) is 14.7 Å². The van der Waals surface area contributed by atoms with Crippen molar-refractivity contribution >= 4 is 62.6 Å². The van der Waals surface area contributed by atoms with Gasteiger partial charge in [-0.3, -0.25) is 35.1 Å². The summed E-state index contributed by atoms with van der Waals surface area (Å²) in [5.41, 5.74) is 6.36. The first-order valence-electron chi connectivity index (χ1n) is 20.2. The van der Waals surface area contributed by atoms with Crippen molar-refractivity contribution in [1.82, 2.24) is 9.03 Å². The molecule has 22 nitrogen and oxygen atoms in total. The second kappa shape index (κ2) is 27.1. The van der Waals surface area contributed by atoms with E-state index in [1.165, 1.54) is 63.6 Å². The largest absolute Gasteiger partial charge is 0.497 e. The number of rotatable bonds is 18. The van der Waals surface area contributed by atoms with E-state index in [4.69, 9.17) is 30.6 Å². The molecule has 0 amide bonds. The summed E-state index contributed by atoms with van der Waals surface area (Å²) in [5, 5.41) is 32.4. The minimum Gasteiger partial charge on any atom is -0.497 e. The van der Waals surface area contributed by atoms with E-state index in [9.17, 15) is 60.4 Å². The van der Waals surface area contributed by atoms with Crippen molar-refractivity contribution in [2.24, 2.45) is 5.73 Å². The number of hydrogen-bond donors (Lipinski definition) is 2. The van der Waals surface area contributed by atoms with E-state index < -0.39 is 70.7 Å². The van der Waals surface area contributed by atoms with Crippen LogP contribution in [0.4, 0.5) is 17.1 Å². The van der Waals surface area contributed by atoms with Crippen molar-refractivity contribution in [2.75, 3.05) is 27.9 Å². The van der Waals surface area contributed by atoms with Gasteiger partial charge in [-0.2, -0.15) is 4.31 Å². The molecule has 0 radical (unpaired) electrons. The van der Waals surface area contributed by atoms with Gasteiger partial charge in [0.2, 0.25) is 10.0 Å². The van der Waals surface area contributed by atoms with Gasteiger partial charge in [-0.1, -0.05) is 72.8 Å². The minimum absolute atomic E-state index is 0.0262. The standard InChI is InChI=1S/C17H18N2O6S.C14H14N2O5S.C8H11NO.C6H4ClNO4S/c1-13(20)11-18(12-14-7-9-15(25-2)10-8-14)26(23,24)17-6-4-3-5-16(17)19(21)22;1-21-12-8-6-11(7-9-12)10-15-22(19,20)14-5-3-2-4-13(14)16(17)18;1-10-8-4-2-7(6-9)3-5-8;7-13(11,12)6-4-2-1-3-5(6)8(9)10/h3-10H,11-12H2,1-2H3;2-9,15H,10H2,1H3;2-5H,6,9H2,1H3;1-4H. The Morgan fingerprint density at radius 1 is 0.563 bits per heavy atom. The lowest BCUT2D eigenvalue weighted by molar-refractivity contribution is -0.388. The van der Waals surface area contributed by atoms with E-state index in [0.29, 0.717) is 29.2 Å². The highest BCUT2D eigenvalue weighted by molar-refractivity contribution is 8.13. The molecule has 0 atom stereocenters. The molecule has 0 bridgehead atoms. The fraction of sp³-hybridized carbons (Fsp3) is 0.178. The van der Waals surface area contributed by atoms with Crippen LogP contribution in [-0.2, 0) is 53.5 Å². The summed E-state index contributed by atoms with van der Waals surface area (Å²) in [7, 11) is -2.60. The third kappa shape index (κ3) is 17.8. The van der Waals surface area contributed by atoms with Crippen LogP contribution < -0.4 is 24.7 Å². The lowest BCUT2D eigenvalue weighted by Gasteiger charge is -2.21. The van der Waals surface area contributed by atoms with E-state index in [0.717, 1.165) is 46.0 Å². The van der Waals surface area contributed by atoms with Crippen LogP contribution in [0.25, 0.3) is 0 Å². The van der Waals surface area contributed by atoms with Crippen LogP contribution in [0.1, 0.15) is 23.6 Å². The fourth-order valence-corrected chi connectivity index (χ4v) is 9.60. The second-order valence-corrected chi connectivity index (χ2v) is 20.3. The molecule has 71 heavy (non-hydrogen) atoms. The van der Waals surface area contributed by atoms with Gasteiger partial charge in [0.25, 0.3) is 36.1 Å². The number of ether oxygens (including phenoxy) is 3. The number of sulfonamides is 2. The molecule has 0 aromatic heterocycles. The Bertz CT molecular complexity index is 3090. The van der Waals surface area contributed by atoms with Crippen LogP contribution >= 0.6 is 10.7 Å². The van der Waals surface area contributed by atoms with Crippen LogP contribution in [-0.4, -0.2) is 78.0 Å². The third-order valence-corrected chi connectivity index (χ3v) is 13.9. The first-order chi connectivity index (χ1) is 33.5. The summed E-state index contributed by atoms with van der Waals surface area (Å²) in [4.78, 5) is 40.5. The molecule has 6 aromatic rings. The molecule has 0 saturated carbocycles. The lowest BCUT2D eigenvalue weighted by Crippen LogP contribution is -2.34. The number of Topliss-reactive ketones (excluding diaryl/α,β-unsaturated/α-hetero) is 1. The van der Waals surface area contributed by atoms with E-state index >= 15 is 0 Å². The van der Waals surface area contributed by atoms with Crippen LogP contribution in [0, 0.1) is 30.3 Å². The molecule has 0 aliphatic carbocycles. The Morgan fingerprint density at radius 3 is 1.28 bits per heavy atom. The summed E-state index contributed by atoms with van der Waals surface area (Å²) < 4.78 is 90.3. The molecule has 0 fully saturated rings. The molecular formula is C45H47ClN6O16S3. The summed E-state index contributed by atoms with van der Waals surface area (Å²) in [6.45, 7) is 1.39. The first kappa shape index (κ1) is 57.9. The number of nitrogens with one attached hydrogen (secondary N) is 1. The maximum atomic E-state index is 13.0. The van der Waals surface area contributed by atoms with Crippen molar-refractivity contribution in [1.29, 1.82) is 0 Å². The number of benzene rings is 6. The van der Waals surface area contributed by atoms with Crippen LogP contribution in [0.3, 0.4) is 0 Å². The number of hydrogen-bond acceptors (Lipinski definition) is 17.